The number of hydrogen-bond donors (Lipinski definition) is 1. The van der Waals surface area contributed by atoms with Crippen molar-refractivity contribution in [2.24, 2.45) is 0 Å². The average molecular weight is 190 g/mol. The van der Waals surface area contributed by atoms with Crippen molar-refractivity contribution in [2.75, 3.05) is 0 Å². The van der Waals surface area contributed by atoms with E-state index in [0.717, 1.165) is 5.56 Å². The van der Waals surface area contributed by atoms with Crippen LogP contribution in [0.4, 0.5) is 4.39 Å². The van der Waals surface area contributed by atoms with E-state index in [1.54, 1.807) is 12.1 Å². The van der Waals surface area contributed by atoms with Crippen LogP contribution in [0, 0.1) is 5.82 Å². The quantitative estimate of drug-likeness (QED) is 0.741. The van der Waals surface area contributed by atoms with Crippen LogP contribution < -0.4 is 5.43 Å². The zero-order valence-electron chi connectivity index (χ0n) is 7.20. The van der Waals surface area contributed by atoms with Crippen LogP contribution in [0.2, 0.25) is 0 Å². The van der Waals surface area contributed by atoms with E-state index in [1.165, 1.54) is 24.4 Å². The van der Waals surface area contributed by atoms with E-state index in [4.69, 9.17) is 0 Å². The topological polar surface area (TPSA) is 45.8 Å². The van der Waals surface area contributed by atoms with Gasteiger partial charge >= 0.3 is 0 Å². The Balaban J connectivity index is 2.50. The first-order chi connectivity index (χ1) is 6.75. The normalized spacial score (nSPS) is 10.1. The summed E-state index contributed by atoms with van der Waals surface area (Å²) < 4.78 is 12.6. The molecule has 0 spiro atoms. The third kappa shape index (κ3) is 1.69. The van der Waals surface area contributed by atoms with Crippen molar-refractivity contribution in [2.45, 2.75) is 0 Å². The predicted molar refractivity (Wildman–Crippen MR) is 50.3 cm³/mol. The summed E-state index contributed by atoms with van der Waals surface area (Å²) in [6.45, 7) is 0. The van der Waals surface area contributed by atoms with E-state index in [1.807, 2.05) is 0 Å². The molecule has 0 fully saturated rings. The standard InChI is InChI=1S/C10H7FN2O/c11-8-3-1-7(2-4-8)10-5-9(14)6-12-13-10/h1-6H,(H,13,14). The Hall–Kier alpha value is -1.97. The molecule has 0 atom stereocenters. The Morgan fingerprint density at radius 3 is 2.57 bits per heavy atom. The van der Waals surface area contributed by atoms with Gasteiger partial charge in [0.25, 0.3) is 0 Å². The molecule has 0 aliphatic heterocycles. The van der Waals surface area contributed by atoms with Gasteiger partial charge in [-0.2, -0.15) is 5.10 Å². The Kier molecular flexibility index (Phi) is 2.10. The van der Waals surface area contributed by atoms with Gasteiger partial charge in [0.15, 0.2) is 0 Å². The summed E-state index contributed by atoms with van der Waals surface area (Å²) in [5.41, 5.74) is 1.14. The van der Waals surface area contributed by atoms with Gasteiger partial charge in [0.2, 0.25) is 5.43 Å². The summed E-state index contributed by atoms with van der Waals surface area (Å²) in [5, 5.41) is 6.32. The molecule has 70 valence electrons. The van der Waals surface area contributed by atoms with Crippen molar-refractivity contribution in [3.8, 4) is 11.3 Å². The molecule has 1 aromatic heterocycles. The Morgan fingerprint density at radius 1 is 1.21 bits per heavy atom. The lowest BCUT2D eigenvalue weighted by atomic mass is 10.1. The molecule has 0 radical (unpaired) electrons. The van der Waals surface area contributed by atoms with E-state index in [2.05, 4.69) is 10.2 Å². The Labute approximate surface area is 79.2 Å². The second kappa shape index (κ2) is 3.41. The van der Waals surface area contributed by atoms with E-state index < -0.39 is 0 Å². The zero-order chi connectivity index (χ0) is 9.97. The smallest absolute Gasteiger partial charge is 0.200 e. The van der Waals surface area contributed by atoms with Crippen molar-refractivity contribution in [1.82, 2.24) is 10.2 Å². The summed E-state index contributed by atoms with van der Waals surface area (Å²) in [7, 11) is 0. The monoisotopic (exact) mass is 190 g/mol. The largest absolute Gasteiger partial charge is 0.288 e. The summed E-state index contributed by atoms with van der Waals surface area (Å²) >= 11 is 0. The molecule has 1 heterocycles. The highest BCUT2D eigenvalue weighted by molar-refractivity contribution is 5.57. The van der Waals surface area contributed by atoms with E-state index >= 15 is 0 Å². The van der Waals surface area contributed by atoms with Gasteiger partial charge in [-0.25, -0.2) is 4.39 Å². The van der Waals surface area contributed by atoms with Gasteiger partial charge in [-0.1, -0.05) is 0 Å². The van der Waals surface area contributed by atoms with Crippen LogP contribution in [0.5, 0.6) is 0 Å². The number of hydrogen-bond acceptors (Lipinski definition) is 2. The highest BCUT2D eigenvalue weighted by atomic mass is 19.1. The van der Waals surface area contributed by atoms with Gasteiger partial charge in [0.05, 0.1) is 11.9 Å². The first-order valence-electron chi connectivity index (χ1n) is 4.06. The molecule has 14 heavy (non-hydrogen) atoms. The maximum atomic E-state index is 12.6. The van der Waals surface area contributed by atoms with E-state index in [-0.39, 0.29) is 11.2 Å². The third-order valence-corrected chi connectivity index (χ3v) is 1.82. The van der Waals surface area contributed by atoms with Gasteiger partial charge in [-0.05, 0) is 29.8 Å². The van der Waals surface area contributed by atoms with Crippen LogP contribution in [0.1, 0.15) is 0 Å². The SMILES string of the molecule is O=c1cn[nH]c(-c2ccc(F)cc2)c1. The molecule has 2 rings (SSSR count). The molecule has 0 saturated heterocycles. The van der Waals surface area contributed by atoms with E-state index in [9.17, 15) is 9.18 Å². The summed E-state index contributed by atoms with van der Waals surface area (Å²) in [6.07, 6.45) is 1.19. The maximum Gasteiger partial charge on any atom is 0.200 e. The highest BCUT2D eigenvalue weighted by Crippen LogP contribution is 2.14. The summed E-state index contributed by atoms with van der Waals surface area (Å²) in [5.74, 6) is -0.306. The third-order valence-electron chi connectivity index (χ3n) is 1.82. The first-order valence-corrected chi connectivity index (χ1v) is 4.06. The number of aromatic amines is 1. The molecule has 2 aromatic rings. The number of benzene rings is 1. The van der Waals surface area contributed by atoms with Gasteiger partial charge in [-0.15, -0.1) is 0 Å². The fraction of sp³-hybridized carbons (Fsp3) is 0. The second-order valence-corrected chi connectivity index (χ2v) is 2.84. The lowest BCUT2D eigenvalue weighted by Gasteiger charge is -1.99. The number of H-pyrrole nitrogens is 1. The molecule has 4 heteroatoms. The average Bonchev–Trinajstić information content (AvgIpc) is 2.19. The van der Waals surface area contributed by atoms with Gasteiger partial charge < -0.3 is 0 Å². The molecule has 0 aliphatic carbocycles. The van der Waals surface area contributed by atoms with Crippen molar-refractivity contribution in [3.05, 3.63) is 52.6 Å². The van der Waals surface area contributed by atoms with Gasteiger partial charge in [-0.3, -0.25) is 9.89 Å². The maximum absolute atomic E-state index is 12.6. The first kappa shape index (κ1) is 8.62. The summed E-state index contributed by atoms with van der Waals surface area (Å²) in [4.78, 5) is 11.0. The zero-order valence-corrected chi connectivity index (χ0v) is 7.20. The fourth-order valence-electron chi connectivity index (χ4n) is 1.15. The van der Waals surface area contributed by atoms with Crippen molar-refractivity contribution < 1.29 is 4.39 Å². The number of aromatic nitrogens is 2. The van der Waals surface area contributed by atoms with Gasteiger partial charge in [0.1, 0.15) is 5.82 Å². The molecular weight excluding hydrogens is 183 g/mol. The second-order valence-electron chi connectivity index (χ2n) is 2.84. The number of nitrogens with zero attached hydrogens (tertiary/aromatic N) is 1. The van der Waals surface area contributed by atoms with Crippen molar-refractivity contribution >= 4 is 0 Å². The van der Waals surface area contributed by atoms with E-state index in [0.29, 0.717) is 5.69 Å². The Bertz CT molecular complexity index is 490. The van der Waals surface area contributed by atoms with Crippen LogP contribution in [0.3, 0.4) is 0 Å². The number of halogens is 1. The molecular formula is C10H7FN2O. The molecule has 0 unspecified atom stereocenters. The van der Waals surface area contributed by atoms with Crippen molar-refractivity contribution in [1.29, 1.82) is 0 Å². The minimum Gasteiger partial charge on any atom is -0.288 e. The minimum absolute atomic E-state index is 0.178. The molecule has 3 nitrogen and oxygen atoms in total. The predicted octanol–water partition coefficient (Wildman–Crippen LogP) is 1.58. The van der Waals surface area contributed by atoms with Crippen LogP contribution in [0.25, 0.3) is 11.3 Å². The van der Waals surface area contributed by atoms with Gasteiger partial charge in [0, 0.05) is 6.07 Å². The molecule has 0 saturated carbocycles. The van der Waals surface area contributed by atoms with Crippen LogP contribution in [0.15, 0.2) is 41.3 Å². The highest BCUT2D eigenvalue weighted by Gasteiger charge is 1.98. The molecule has 0 bridgehead atoms. The lowest BCUT2D eigenvalue weighted by Crippen LogP contribution is -2.01. The molecule has 1 aromatic carbocycles. The molecule has 0 amide bonds. The lowest BCUT2D eigenvalue weighted by molar-refractivity contribution is 0.628. The van der Waals surface area contributed by atoms with Crippen LogP contribution in [-0.4, -0.2) is 10.2 Å². The number of rotatable bonds is 1. The van der Waals surface area contributed by atoms with Crippen molar-refractivity contribution in [3.63, 3.8) is 0 Å². The molecule has 1 N–H and O–H groups in total. The van der Waals surface area contributed by atoms with Crippen LogP contribution in [-0.2, 0) is 0 Å². The number of nitrogens with one attached hydrogen (secondary N) is 1. The Morgan fingerprint density at radius 2 is 1.93 bits per heavy atom. The van der Waals surface area contributed by atoms with Crippen LogP contribution >= 0.6 is 0 Å². The summed E-state index contributed by atoms with van der Waals surface area (Å²) in [6, 6.07) is 7.26. The fourth-order valence-corrected chi connectivity index (χ4v) is 1.15. The molecule has 0 aliphatic rings. The minimum atomic E-state index is -0.306.